The molecule has 0 radical (unpaired) electrons. The number of aryl methyl sites for hydroxylation is 1. The van der Waals surface area contributed by atoms with Crippen molar-refractivity contribution in [1.29, 1.82) is 0 Å². The van der Waals surface area contributed by atoms with E-state index in [0.717, 1.165) is 43.8 Å². The van der Waals surface area contributed by atoms with Gasteiger partial charge >= 0.3 is 0 Å². The first-order chi connectivity index (χ1) is 8.74. The fourth-order valence-corrected chi connectivity index (χ4v) is 2.79. The third-order valence-electron chi connectivity index (χ3n) is 3.36. The van der Waals surface area contributed by atoms with Gasteiger partial charge in [0.25, 0.3) is 0 Å². The van der Waals surface area contributed by atoms with Gasteiger partial charge in [-0.25, -0.2) is 4.98 Å². The van der Waals surface area contributed by atoms with E-state index in [-0.39, 0.29) is 0 Å². The Balaban J connectivity index is 1.86. The lowest BCUT2D eigenvalue weighted by Gasteiger charge is -2.08. The SMILES string of the molecule is S=c1[nH]c2cc(Cl)cnc2n1CCC1CCOC1. The van der Waals surface area contributed by atoms with Crippen LogP contribution in [0.5, 0.6) is 0 Å². The minimum Gasteiger partial charge on any atom is -0.381 e. The van der Waals surface area contributed by atoms with Crippen LogP contribution in [0.25, 0.3) is 11.2 Å². The van der Waals surface area contributed by atoms with Crippen LogP contribution < -0.4 is 0 Å². The number of aromatic nitrogens is 3. The molecule has 0 aliphatic carbocycles. The summed E-state index contributed by atoms with van der Waals surface area (Å²) in [5.41, 5.74) is 1.78. The second-order valence-corrected chi connectivity index (χ2v) is 5.45. The molecule has 1 fully saturated rings. The molecule has 96 valence electrons. The number of ether oxygens (including phenoxy) is 1. The summed E-state index contributed by atoms with van der Waals surface area (Å²) >= 11 is 11.2. The topological polar surface area (TPSA) is 42.8 Å². The Kier molecular flexibility index (Phi) is 3.37. The molecular formula is C12H14ClN3OS. The van der Waals surface area contributed by atoms with E-state index in [2.05, 4.69) is 9.97 Å². The van der Waals surface area contributed by atoms with E-state index in [1.165, 1.54) is 0 Å². The Morgan fingerprint density at radius 2 is 2.50 bits per heavy atom. The van der Waals surface area contributed by atoms with Gasteiger partial charge in [-0.2, -0.15) is 0 Å². The van der Waals surface area contributed by atoms with Crippen molar-refractivity contribution in [1.82, 2.24) is 14.5 Å². The lowest BCUT2D eigenvalue weighted by molar-refractivity contribution is 0.183. The molecule has 0 amide bonds. The molecule has 1 atom stereocenters. The van der Waals surface area contributed by atoms with Gasteiger partial charge in [0.2, 0.25) is 0 Å². The Hall–Kier alpha value is -0.910. The number of rotatable bonds is 3. The Labute approximate surface area is 115 Å². The van der Waals surface area contributed by atoms with E-state index in [1.54, 1.807) is 6.20 Å². The third-order valence-corrected chi connectivity index (χ3v) is 3.89. The second kappa shape index (κ2) is 4.99. The summed E-state index contributed by atoms with van der Waals surface area (Å²) in [6.45, 7) is 2.63. The zero-order chi connectivity index (χ0) is 12.5. The summed E-state index contributed by atoms with van der Waals surface area (Å²) < 4.78 is 8.13. The van der Waals surface area contributed by atoms with E-state index in [9.17, 15) is 0 Å². The van der Waals surface area contributed by atoms with Crippen molar-refractivity contribution >= 4 is 35.0 Å². The summed E-state index contributed by atoms with van der Waals surface area (Å²) in [4.78, 5) is 7.49. The number of imidazole rings is 1. The van der Waals surface area contributed by atoms with E-state index in [4.69, 9.17) is 28.6 Å². The van der Waals surface area contributed by atoms with Crippen LogP contribution in [0.1, 0.15) is 12.8 Å². The summed E-state index contributed by atoms with van der Waals surface area (Å²) in [5, 5.41) is 0.620. The van der Waals surface area contributed by atoms with Crippen molar-refractivity contribution in [2.45, 2.75) is 19.4 Å². The second-order valence-electron chi connectivity index (χ2n) is 4.62. The molecule has 1 saturated heterocycles. The standard InChI is InChI=1S/C12H14ClN3OS/c13-9-5-10-11(14-6-9)16(12(18)15-10)3-1-8-2-4-17-7-8/h5-6,8H,1-4,7H2,(H,15,18). The normalized spacial score (nSPS) is 19.7. The number of hydrogen-bond donors (Lipinski definition) is 1. The molecule has 1 aliphatic heterocycles. The number of halogens is 1. The van der Waals surface area contributed by atoms with Crippen molar-refractivity contribution < 1.29 is 4.74 Å². The Morgan fingerprint density at radius 3 is 3.28 bits per heavy atom. The minimum atomic E-state index is 0.620. The van der Waals surface area contributed by atoms with Crippen LogP contribution >= 0.6 is 23.8 Å². The van der Waals surface area contributed by atoms with Crippen LogP contribution in [0, 0.1) is 10.7 Å². The summed E-state index contributed by atoms with van der Waals surface area (Å²) in [7, 11) is 0. The lowest BCUT2D eigenvalue weighted by Crippen LogP contribution is -2.06. The summed E-state index contributed by atoms with van der Waals surface area (Å²) in [6.07, 6.45) is 3.88. The van der Waals surface area contributed by atoms with E-state index in [0.29, 0.717) is 15.7 Å². The number of aromatic amines is 1. The van der Waals surface area contributed by atoms with Crippen LogP contribution in [-0.2, 0) is 11.3 Å². The first-order valence-electron chi connectivity index (χ1n) is 6.06. The fraction of sp³-hybridized carbons (Fsp3) is 0.500. The molecule has 2 aromatic heterocycles. The maximum absolute atomic E-state index is 5.92. The highest BCUT2D eigenvalue weighted by Gasteiger charge is 2.16. The van der Waals surface area contributed by atoms with Gasteiger partial charge in [0.15, 0.2) is 10.4 Å². The fourth-order valence-electron chi connectivity index (χ4n) is 2.35. The lowest BCUT2D eigenvalue weighted by atomic mass is 10.1. The zero-order valence-corrected chi connectivity index (χ0v) is 11.4. The molecule has 0 aromatic carbocycles. The average Bonchev–Trinajstić information content (AvgIpc) is 2.93. The maximum atomic E-state index is 5.92. The number of fused-ring (bicyclic) bond motifs is 1. The van der Waals surface area contributed by atoms with E-state index in [1.807, 2.05) is 10.6 Å². The molecular weight excluding hydrogens is 270 g/mol. The highest BCUT2D eigenvalue weighted by molar-refractivity contribution is 7.71. The largest absolute Gasteiger partial charge is 0.381 e. The molecule has 2 aromatic rings. The van der Waals surface area contributed by atoms with Crippen LogP contribution in [0.2, 0.25) is 5.02 Å². The summed E-state index contributed by atoms with van der Waals surface area (Å²) in [5.74, 6) is 0.643. The van der Waals surface area contributed by atoms with Gasteiger partial charge in [-0.1, -0.05) is 11.6 Å². The molecule has 0 bridgehead atoms. The zero-order valence-electron chi connectivity index (χ0n) is 9.86. The van der Waals surface area contributed by atoms with E-state index < -0.39 is 0 Å². The number of nitrogens with zero attached hydrogens (tertiary/aromatic N) is 2. The summed E-state index contributed by atoms with van der Waals surface area (Å²) in [6, 6.07) is 1.86. The molecule has 3 rings (SSSR count). The third kappa shape index (κ3) is 2.30. The molecule has 4 nitrogen and oxygen atoms in total. The number of nitrogens with one attached hydrogen (secondary N) is 1. The minimum absolute atomic E-state index is 0.620. The molecule has 6 heteroatoms. The molecule has 1 N–H and O–H groups in total. The predicted molar refractivity (Wildman–Crippen MR) is 73.5 cm³/mol. The van der Waals surface area contributed by atoms with Crippen LogP contribution in [0.4, 0.5) is 0 Å². The highest BCUT2D eigenvalue weighted by Crippen LogP contribution is 2.20. The van der Waals surface area contributed by atoms with Gasteiger partial charge < -0.3 is 14.3 Å². The van der Waals surface area contributed by atoms with Gasteiger partial charge in [0.05, 0.1) is 10.5 Å². The Morgan fingerprint density at radius 1 is 1.61 bits per heavy atom. The van der Waals surface area contributed by atoms with Crippen molar-refractivity contribution in [2.24, 2.45) is 5.92 Å². The molecule has 18 heavy (non-hydrogen) atoms. The van der Waals surface area contributed by atoms with Crippen LogP contribution in [-0.4, -0.2) is 27.7 Å². The van der Waals surface area contributed by atoms with Crippen LogP contribution in [0.15, 0.2) is 12.3 Å². The number of pyridine rings is 1. The van der Waals surface area contributed by atoms with Crippen molar-refractivity contribution in [3.8, 4) is 0 Å². The smallest absolute Gasteiger partial charge is 0.179 e. The van der Waals surface area contributed by atoms with Crippen molar-refractivity contribution in [3.05, 3.63) is 22.1 Å². The Bertz CT molecular complexity index is 615. The van der Waals surface area contributed by atoms with Gasteiger partial charge in [-0.15, -0.1) is 0 Å². The average molecular weight is 284 g/mol. The van der Waals surface area contributed by atoms with Gasteiger partial charge in [-0.3, -0.25) is 0 Å². The van der Waals surface area contributed by atoms with Gasteiger partial charge in [0, 0.05) is 26.0 Å². The molecule has 3 heterocycles. The monoisotopic (exact) mass is 283 g/mol. The molecule has 0 saturated carbocycles. The van der Waals surface area contributed by atoms with Gasteiger partial charge in [0.1, 0.15) is 0 Å². The molecule has 1 unspecified atom stereocenters. The van der Waals surface area contributed by atoms with Crippen LogP contribution in [0.3, 0.4) is 0 Å². The van der Waals surface area contributed by atoms with Crippen molar-refractivity contribution in [2.75, 3.05) is 13.2 Å². The quantitative estimate of drug-likeness (QED) is 0.880. The van der Waals surface area contributed by atoms with E-state index >= 15 is 0 Å². The number of hydrogen-bond acceptors (Lipinski definition) is 3. The first-order valence-corrected chi connectivity index (χ1v) is 6.84. The van der Waals surface area contributed by atoms with Gasteiger partial charge in [-0.05, 0) is 37.0 Å². The molecule has 1 aliphatic rings. The highest BCUT2D eigenvalue weighted by atomic mass is 35.5. The predicted octanol–water partition coefficient (Wildman–Crippen LogP) is 3.17. The van der Waals surface area contributed by atoms with Crippen molar-refractivity contribution in [3.63, 3.8) is 0 Å². The first kappa shape index (κ1) is 12.1. The maximum Gasteiger partial charge on any atom is 0.179 e. The molecule has 0 spiro atoms. The number of H-pyrrole nitrogens is 1.